The predicted molar refractivity (Wildman–Crippen MR) is 87.1 cm³/mol. The third-order valence-electron chi connectivity index (χ3n) is 4.10. The average molecular weight is 291 g/mol. The highest BCUT2D eigenvalue weighted by Crippen LogP contribution is 2.32. The van der Waals surface area contributed by atoms with Crippen molar-refractivity contribution in [2.45, 2.75) is 65.2 Å². The Morgan fingerprint density at radius 2 is 1.86 bits per heavy atom. The summed E-state index contributed by atoms with van der Waals surface area (Å²) < 4.78 is 12.3. The standard InChI is InChI=1S/C18H29NO2/c1-5-10-19-15-12-16(18(15)20-11-6-2)21-17-13(3)8-7-9-14(17)4/h7-9,15-16,18-19H,5-6,10-12H2,1-4H3. The fraction of sp³-hybridized carbons (Fsp3) is 0.667. The van der Waals surface area contributed by atoms with Gasteiger partial charge >= 0.3 is 0 Å². The molecule has 3 heteroatoms. The molecule has 0 saturated heterocycles. The Morgan fingerprint density at radius 1 is 1.14 bits per heavy atom. The van der Waals surface area contributed by atoms with Gasteiger partial charge in [0.25, 0.3) is 0 Å². The summed E-state index contributed by atoms with van der Waals surface area (Å²) in [6.45, 7) is 10.4. The second-order valence-electron chi connectivity index (χ2n) is 6.01. The molecule has 0 aromatic heterocycles. The first-order valence-corrected chi connectivity index (χ1v) is 8.25. The number of aryl methyl sites for hydroxylation is 2. The van der Waals surface area contributed by atoms with Crippen molar-refractivity contribution in [3.63, 3.8) is 0 Å². The molecule has 118 valence electrons. The lowest BCUT2D eigenvalue weighted by atomic mass is 9.84. The van der Waals surface area contributed by atoms with Crippen molar-refractivity contribution in [2.24, 2.45) is 0 Å². The Hall–Kier alpha value is -1.06. The van der Waals surface area contributed by atoms with Crippen LogP contribution < -0.4 is 10.1 Å². The summed E-state index contributed by atoms with van der Waals surface area (Å²) in [6.07, 6.45) is 3.58. The van der Waals surface area contributed by atoms with E-state index in [1.807, 2.05) is 0 Å². The molecule has 3 atom stereocenters. The quantitative estimate of drug-likeness (QED) is 0.793. The van der Waals surface area contributed by atoms with Crippen LogP contribution in [0.25, 0.3) is 0 Å². The molecule has 1 aromatic rings. The molecule has 3 unspecified atom stereocenters. The molecular weight excluding hydrogens is 262 g/mol. The van der Waals surface area contributed by atoms with Crippen molar-refractivity contribution in [3.05, 3.63) is 29.3 Å². The van der Waals surface area contributed by atoms with Crippen molar-refractivity contribution in [3.8, 4) is 5.75 Å². The molecule has 0 amide bonds. The summed E-state index contributed by atoms with van der Waals surface area (Å²) in [6, 6.07) is 6.73. The highest BCUT2D eigenvalue weighted by atomic mass is 16.5. The SMILES string of the molecule is CCCNC1CC(Oc2c(C)cccc2C)C1OCCC. The Balaban J connectivity index is 1.98. The van der Waals surface area contributed by atoms with Crippen molar-refractivity contribution in [1.29, 1.82) is 0 Å². The molecule has 0 aliphatic heterocycles. The molecule has 1 aliphatic carbocycles. The minimum absolute atomic E-state index is 0.172. The fourth-order valence-corrected chi connectivity index (χ4v) is 2.84. The maximum absolute atomic E-state index is 6.27. The summed E-state index contributed by atoms with van der Waals surface area (Å²) in [7, 11) is 0. The number of ether oxygens (including phenoxy) is 2. The molecule has 1 aliphatic rings. The molecular formula is C18H29NO2. The molecule has 0 bridgehead atoms. The van der Waals surface area contributed by atoms with Crippen molar-refractivity contribution in [1.82, 2.24) is 5.32 Å². The van der Waals surface area contributed by atoms with Crippen molar-refractivity contribution >= 4 is 0 Å². The molecule has 21 heavy (non-hydrogen) atoms. The fourth-order valence-electron chi connectivity index (χ4n) is 2.84. The van der Waals surface area contributed by atoms with Gasteiger partial charge in [0.05, 0.1) is 0 Å². The third-order valence-corrected chi connectivity index (χ3v) is 4.10. The van der Waals surface area contributed by atoms with Gasteiger partial charge in [0, 0.05) is 19.1 Å². The van der Waals surface area contributed by atoms with E-state index in [0.29, 0.717) is 6.04 Å². The van der Waals surface area contributed by atoms with Crippen LogP contribution in [0.15, 0.2) is 18.2 Å². The van der Waals surface area contributed by atoms with E-state index in [1.165, 1.54) is 11.1 Å². The van der Waals surface area contributed by atoms with Gasteiger partial charge < -0.3 is 14.8 Å². The molecule has 3 nitrogen and oxygen atoms in total. The molecule has 1 fully saturated rings. The molecule has 2 rings (SSSR count). The van der Waals surface area contributed by atoms with E-state index in [2.05, 4.69) is 51.2 Å². The van der Waals surface area contributed by atoms with Gasteiger partial charge in [0.2, 0.25) is 0 Å². The van der Waals surface area contributed by atoms with Crippen LogP contribution in [0, 0.1) is 13.8 Å². The molecule has 0 heterocycles. The zero-order chi connectivity index (χ0) is 15.2. The lowest BCUT2D eigenvalue weighted by molar-refractivity contribution is -0.108. The van der Waals surface area contributed by atoms with Crippen LogP contribution in [-0.2, 0) is 4.74 Å². The van der Waals surface area contributed by atoms with Gasteiger partial charge in [0.15, 0.2) is 0 Å². The van der Waals surface area contributed by atoms with Crippen LogP contribution in [0.1, 0.15) is 44.2 Å². The second kappa shape index (κ2) is 7.81. The third kappa shape index (κ3) is 3.98. The minimum Gasteiger partial charge on any atom is -0.487 e. The number of hydrogen-bond acceptors (Lipinski definition) is 3. The van der Waals surface area contributed by atoms with E-state index in [4.69, 9.17) is 9.47 Å². The maximum atomic E-state index is 6.27. The van der Waals surface area contributed by atoms with Crippen LogP contribution >= 0.6 is 0 Å². The molecule has 1 saturated carbocycles. The Kier molecular flexibility index (Phi) is 6.07. The number of hydrogen-bond donors (Lipinski definition) is 1. The minimum atomic E-state index is 0.172. The van der Waals surface area contributed by atoms with E-state index in [-0.39, 0.29) is 12.2 Å². The summed E-state index contributed by atoms with van der Waals surface area (Å²) >= 11 is 0. The van der Waals surface area contributed by atoms with Crippen LogP contribution in [0.2, 0.25) is 0 Å². The Morgan fingerprint density at radius 3 is 2.48 bits per heavy atom. The summed E-state index contributed by atoms with van der Waals surface area (Å²) in [5, 5.41) is 3.57. The van der Waals surface area contributed by atoms with E-state index < -0.39 is 0 Å². The Labute approximate surface area is 129 Å². The van der Waals surface area contributed by atoms with E-state index >= 15 is 0 Å². The van der Waals surface area contributed by atoms with Gasteiger partial charge in [-0.25, -0.2) is 0 Å². The van der Waals surface area contributed by atoms with Gasteiger partial charge in [-0.05, 0) is 44.4 Å². The summed E-state index contributed by atoms with van der Waals surface area (Å²) in [5.74, 6) is 1.03. The first-order valence-electron chi connectivity index (χ1n) is 8.25. The first kappa shape index (κ1) is 16.3. The van der Waals surface area contributed by atoms with Gasteiger partial charge in [-0.2, -0.15) is 0 Å². The molecule has 0 radical (unpaired) electrons. The monoisotopic (exact) mass is 291 g/mol. The average Bonchev–Trinajstić information content (AvgIpc) is 2.45. The lowest BCUT2D eigenvalue weighted by Gasteiger charge is -2.44. The second-order valence-corrected chi connectivity index (χ2v) is 6.01. The number of para-hydroxylation sites is 1. The van der Waals surface area contributed by atoms with Gasteiger partial charge in [-0.3, -0.25) is 0 Å². The Bertz CT molecular complexity index is 427. The van der Waals surface area contributed by atoms with E-state index in [0.717, 1.165) is 38.2 Å². The van der Waals surface area contributed by atoms with Gasteiger partial charge in [0.1, 0.15) is 18.0 Å². The van der Waals surface area contributed by atoms with Crippen molar-refractivity contribution in [2.75, 3.05) is 13.2 Å². The van der Waals surface area contributed by atoms with E-state index in [1.54, 1.807) is 0 Å². The van der Waals surface area contributed by atoms with Crippen LogP contribution in [0.5, 0.6) is 5.75 Å². The smallest absolute Gasteiger partial charge is 0.128 e. The topological polar surface area (TPSA) is 30.5 Å². The van der Waals surface area contributed by atoms with Crippen LogP contribution in [0.4, 0.5) is 0 Å². The number of benzene rings is 1. The zero-order valence-electron chi connectivity index (χ0n) is 13.8. The zero-order valence-corrected chi connectivity index (χ0v) is 13.8. The van der Waals surface area contributed by atoms with Gasteiger partial charge in [-0.1, -0.05) is 32.0 Å². The first-order chi connectivity index (χ1) is 10.2. The van der Waals surface area contributed by atoms with Crippen molar-refractivity contribution < 1.29 is 9.47 Å². The number of rotatable bonds is 8. The predicted octanol–water partition coefficient (Wildman–Crippen LogP) is 3.62. The van der Waals surface area contributed by atoms with Crippen LogP contribution in [0.3, 0.4) is 0 Å². The van der Waals surface area contributed by atoms with Crippen LogP contribution in [-0.4, -0.2) is 31.4 Å². The molecule has 0 spiro atoms. The molecule has 1 N–H and O–H groups in total. The molecule has 1 aromatic carbocycles. The summed E-state index contributed by atoms with van der Waals surface area (Å²) in [5.41, 5.74) is 2.41. The van der Waals surface area contributed by atoms with E-state index in [9.17, 15) is 0 Å². The van der Waals surface area contributed by atoms with Gasteiger partial charge in [-0.15, -0.1) is 0 Å². The highest BCUT2D eigenvalue weighted by molar-refractivity contribution is 5.40. The number of nitrogens with one attached hydrogen (secondary N) is 1. The normalized spacial score (nSPS) is 24.7. The maximum Gasteiger partial charge on any atom is 0.128 e. The lowest BCUT2D eigenvalue weighted by Crippen LogP contribution is -2.61. The summed E-state index contributed by atoms with van der Waals surface area (Å²) in [4.78, 5) is 0. The largest absolute Gasteiger partial charge is 0.487 e. The highest BCUT2D eigenvalue weighted by Gasteiger charge is 2.43.